The molecule has 130 valence electrons. The van der Waals surface area contributed by atoms with Gasteiger partial charge in [-0.2, -0.15) is 0 Å². The Labute approximate surface area is 150 Å². The number of fused-ring (bicyclic) bond motifs is 1. The third kappa shape index (κ3) is 3.90. The van der Waals surface area contributed by atoms with Crippen molar-refractivity contribution in [1.29, 1.82) is 0 Å². The summed E-state index contributed by atoms with van der Waals surface area (Å²) in [5, 5.41) is 3.25. The molecule has 0 atom stereocenters. The number of hydrogen-bond acceptors (Lipinski definition) is 4. The number of amides is 1. The maximum absolute atomic E-state index is 12.4. The molecule has 0 bridgehead atoms. The van der Waals surface area contributed by atoms with E-state index in [0.29, 0.717) is 17.0 Å². The van der Waals surface area contributed by atoms with Crippen molar-refractivity contribution in [3.63, 3.8) is 0 Å². The van der Waals surface area contributed by atoms with E-state index in [2.05, 4.69) is 27.1 Å². The molecule has 3 aromatic rings. The van der Waals surface area contributed by atoms with E-state index in [-0.39, 0.29) is 13.2 Å². The van der Waals surface area contributed by atoms with Crippen LogP contribution in [-0.4, -0.2) is 34.8 Å². The lowest BCUT2D eigenvalue weighted by molar-refractivity contribution is -0.116. The van der Waals surface area contributed by atoms with Crippen LogP contribution in [0.3, 0.4) is 0 Å². The number of aromatic nitrogens is 2. The number of hydrogen-bond donors (Lipinski definition) is 2. The van der Waals surface area contributed by atoms with Crippen LogP contribution < -0.4 is 10.1 Å². The van der Waals surface area contributed by atoms with E-state index in [1.807, 2.05) is 24.3 Å². The summed E-state index contributed by atoms with van der Waals surface area (Å²) in [5.41, 5.74) is 1.89. The van der Waals surface area contributed by atoms with Crippen LogP contribution in [0.5, 0.6) is 5.75 Å². The van der Waals surface area contributed by atoms with Crippen LogP contribution in [-0.2, 0) is 4.79 Å². The molecular weight excluding hydrogens is 330 g/mol. The van der Waals surface area contributed by atoms with E-state index < -0.39 is 11.7 Å². The van der Waals surface area contributed by atoms with E-state index in [4.69, 9.17) is 4.74 Å². The van der Waals surface area contributed by atoms with Crippen molar-refractivity contribution in [2.75, 3.05) is 13.2 Å². The molecule has 6 nitrogen and oxygen atoms in total. The van der Waals surface area contributed by atoms with E-state index >= 15 is 0 Å². The Bertz CT molecular complexity index is 997. The van der Waals surface area contributed by atoms with Crippen molar-refractivity contribution in [3.05, 3.63) is 60.0 Å². The number of ketones is 1. The highest BCUT2D eigenvalue weighted by atomic mass is 16.5. The number of ether oxygens (including phenoxy) is 1. The van der Waals surface area contributed by atoms with Crippen molar-refractivity contribution >= 4 is 22.6 Å². The summed E-state index contributed by atoms with van der Waals surface area (Å²) in [5.74, 6) is 4.89. The molecule has 26 heavy (non-hydrogen) atoms. The highest BCUT2D eigenvalue weighted by Gasteiger charge is 2.21. The number of para-hydroxylation sites is 1. The number of carbonyl (C=O) groups excluding carboxylic acids is 2. The number of H-pyrrole nitrogens is 1. The Morgan fingerprint density at radius 1 is 1.19 bits per heavy atom. The first-order chi connectivity index (χ1) is 12.7. The molecule has 0 fully saturated rings. The molecule has 0 unspecified atom stereocenters. The van der Waals surface area contributed by atoms with Gasteiger partial charge in [-0.15, -0.1) is 0 Å². The molecule has 0 aliphatic heterocycles. The van der Waals surface area contributed by atoms with Gasteiger partial charge in [0.2, 0.25) is 0 Å². The lowest BCUT2D eigenvalue weighted by Crippen LogP contribution is -2.31. The summed E-state index contributed by atoms with van der Waals surface area (Å²) < 4.78 is 5.36. The largest absolute Gasteiger partial charge is 0.479 e. The van der Waals surface area contributed by atoms with Crippen LogP contribution in [0.2, 0.25) is 0 Å². The average molecular weight is 347 g/mol. The third-order valence-electron chi connectivity index (χ3n) is 3.73. The second-order valence-electron chi connectivity index (χ2n) is 5.51. The number of aromatic amines is 1. The molecule has 3 rings (SSSR count). The van der Waals surface area contributed by atoms with Crippen LogP contribution >= 0.6 is 0 Å². The van der Waals surface area contributed by atoms with E-state index in [9.17, 15) is 9.59 Å². The van der Waals surface area contributed by atoms with Crippen molar-refractivity contribution < 1.29 is 14.3 Å². The van der Waals surface area contributed by atoms with Gasteiger partial charge in [-0.05, 0) is 25.1 Å². The fraction of sp³-hybridized carbons (Fsp3) is 0.150. The zero-order valence-corrected chi connectivity index (χ0v) is 14.2. The minimum atomic E-state index is -0.680. The number of rotatable bonds is 5. The second-order valence-corrected chi connectivity index (χ2v) is 5.51. The maximum Gasteiger partial charge on any atom is 0.293 e. The number of nitrogens with zero attached hydrogens (tertiary/aromatic N) is 1. The summed E-state index contributed by atoms with van der Waals surface area (Å²) >= 11 is 0. The number of benzene rings is 1. The molecule has 0 aliphatic carbocycles. The smallest absolute Gasteiger partial charge is 0.293 e. The van der Waals surface area contributed by atoms with Crippen LogP contribution in [0.1, 0.15) is 16.1 Å². The van der Waals surface area contributed by atoms with Crippen LogP contribution in [0.4, 0.5) is 0 Å². The van der Waals surface area contributed by atoms with Gasteiger partial charge in [0, 0.05) is 22.8 Å². The zero-order chi connectivity index (χ0) is 18.4. The second kappa shape index (κ2) is 7.99. The van der Waals surface area contributed by atoms with Gasteiger partial charge in [0.1, 0.15) is 12.4 Å². The molecule has 0 saturated heterocycles. The number of pyridine rings is 1. The SMILES string of the molecule is Cc1[nH]c2ccccc2c1C(=O)C(=O)NCC#CCOc1cccnc1. The lowest BCUT2D eigenvalue weighted by atomic mass is 10.1. The maximum atomic E-state index is 12.4. The molecule has 0 aliphatic rings. The molecule has 0 saturated carbocycles. The van der Waals surface area contributed by atoms with Crippen molar-refractivity contribution in [2.45, 2.75) is 6.92 Å². The minimum absolute atomic E-state index is 0.0718. The molecule has 1 aromatic carbocycles. The molecule has 0 spiro atoms. The van der Waals surface area contributed by atoms with E-state index in [1.54, 1.807) is 31.5 Å². The van der Waals surface area contributed by atoms with Crippen molar-refractivity contribution in [2.24, 2.45) is 0 Å². The van der Waals surface area contributed by atoms with Gasteiger partial charge in [-0.25, -0.2) is 0 Å². The number of aryl methyl sites for hydroxylation is 1. The monoisotopic (exact) mass is 347 g/mol. The van der Waals surface area contributed by atoms with Crippen molar-refractivity contribution in [1.82, 2.24) is 15.3 Å². The highest BCUT2D eigenvalue weighted by molar-refractivity contribution is 6.45. The first kappa shape index (κ1) is 17.2. The predicted octanol–water partition coefficient (Wildman–Crippen LogP) is 2.25. The summed E-state index contributed by atoms with van der Waals surface area (Å²) in [6.07, 6.45) is 3.24. The van der Waals surface area contributed by atoms with Gasteiger partial charge >= 0.3 is 0 Å². The molecule has 0 radical (unpaired) electrons. The molecule has 2 aromatic heterocycles. The van der Waals surface area contributed by atoms with Crippen LogP contribution in [0, 0.1) is 18.8 Å². The quantitative estimate of drug-likeness (QED) is 0.421. The Kier molecular flexibility index (Phi) is 5.30. The van der Waals surface area contributed by atoms with E-state index in [0.717, 1.165) is 10.9 Å². The first-order valence-electron chi connectivity index (χ1n) is 8.05. The lowest BCUT2D eigenvalue weighted by Gasteiger charge is -2.01. The van der Waals surface area contributed by atoms with Gasteiger partial charge in [0.25, 0.3) is 11.7 Å². The Morgan fingerprint density at radius 3 is 2.85 bits per heavy atom. The molecule has 2 heterocycles. The standard InChI is InChI=1S/C20H17N3O3/c1-14-18(16-8-2-3-9-17(16)23-14)19(24)20(25)22-11-4-5-12-26-15-7-6-10-21-13-15/h2-3,6-10,13,23H,11-12H2,1H3,(H,22,25). The fourth-order valence-corrected chi connectivity index (χ4v) is 2.55. The molecule has 6 heteroatoms. The van der Waals surface area contributed by atoms with Gasteiger partial charge in [-0.3, -0.25) is 14.6 Å². The normalized spacial score (nSPS) is 10.0. The third-order valence-corrected chi connectivity index (χ3v) is 3.73. The van der Waals surface area contributed by atoms with Gasteiger partial charge < -0.3 is 15.0 Å². The van der Waals surface area contributed by atoms with Gasteiger partial charge in [0.05, 0.1) is 18.3 Å². The zero-order valence-electron chi connectivity index (χ0n) is 14.2. The Morgan fingerprint density at radius 2 is 2.04 bits per heavy atom. The van der Waals surface area contributed by atoms with Crippen molar-refractivity contribution in [3.8, 4) is 17.6 Å². The number of carbonyl (C=O) groups is 2. The summed E-state index contributed by atoms with van der Waals surface area (Å²) in [6, 6.07) is 10.9. The molecular formula is C20H17N3O3. The topological polar surface area (TPSA) is 84.1 Å². The minimum Gasteiger partial charge on any atom is -0.479 e. The summed E-state index contributed by atoms with van der Waals surface area (Å²) in [6.45, 7) is 2.02. The fourth-order valence-electron chi connectivity index (χ4n) is 2.55. The van der Waals surface area contributed by atoms with Crippen LogP contribution in [0.25, 0.3) is 10.9 Å². The van der Waals surface area contributed by atoms with Gasteiger partial charge in [-0.1, -0.05) is 30.0 Å². The summed E-state index contributed by atoms with van der Waals surface area (Å²) in [4.78, 5) is 31.6. The first-order valence-corrected chi connectivity index (χ1v) is 8.05. The number of nitrogens with one attached hydrogen (secondary N) is 2. The average Bonchev–Trinajstić information content (AvgIpc) is 3.00. The van der Waals surface area contributed by atoms with Gasteiger partial charge in [0.15, 0.2) is 0 Å². The highest BCUT2D eigenvalue weighted by Crippen LogP contribution is 2.22. The predicted molar refractivity (Wildman–Crippen MR) is 97.9 cm³/mol. The molecule has 2 N–H and O–H groups in total. The Balaban J connectivity index is 1.54. The summed E-state index contributed by atoms with van der Waals surface area (Å²) in [7, 11) is 0. The molecule has 1 amide bonds. The number of Topliss-reactive ketones (excluding diaryl/α,β-unsaturated/α-hetero) is 1. The Hall–Kier alpha value is -3.59. The van der Waals surface area contributed by atoms with E-state index in [1.165, 1.54) is 0 Å². The van der Waals surface area contributed by atoms with Crippen LogP contribution in [0.15, 0.2) is 48.8 Å².